The number of guanidine groups is 1. The van der Waals surface area contributed by atoms with E-state index in [9.17, 15) is 23.3 Å². The summed E-state index contributed by atoms with van der Waals surface area (Å²) < 4.78 is 26.8. The van der Waals surface area contributed by atoms with Crippen molar-refractivity contribution in [2.75, 3.05) is 26.7 Å². The Morgan fingerprint density at radius 1 is 1.21 bits per heavy atom. The first-order valence-electron chi connectivity index (χ1n) is 8.44. The van der Waals surface area contributed by atoms with E-state index in [-0.39, 0.29) is 65.6 Å². The fraction of sp³-hybridized carbons (Fsp3) is 0.500. The van der Waals surface area contributed by atoms with E-state index >= 15 is 0 Å². The predicted octanol–water partition coefficient (Wildman–Crippen LogP) is 0.571. The first-order chi connectivity index (χ1) is 12.9. The van der Waals surface area contributed by atoms with E-state index in [1.54, 1.807) is 0 Å². The lowest BCUT2D eigenvalue weighted by molar-refractivity contribution is -0.385. The van der Waals surface area contributed by atoms with E-state index in [0.29, 0.717) is 5.96 Å². The molecule has 0 bridgehead atoms. The van der Waals surface area contributed by atoms with Crippen molar-refractivity contribution >= 4 is 51.6 Å². The molecule has 29 heavy (non-hydrogen) atoms. The molecule has 1 aromatic carbocycles. The number of hydrogen-bond acceptors (Lipinski definition) is 6. The van der Waals surface area contributed by atoms with Crippen LogP contribution in [0.5, 0.6) is 0 Å². The third kappa shape index (κ3) is 10.4. The van der Waals surface area contributed by atoms with Crippen LogP contribution in [0.15, 0.2) is 34.2 Å². The summed E-state index contributed by atoms with van der Waals surface area (Å²) in [5.74, 6) is 0.125. The quantitative estimate of drug-likeness (QED) is 0.0935. The number of carbonyl (C=O) groups excluding carboxylic acids is 1. The van der Waals surface area contributed by atoms with Crippen molar-refractivity contribution in [2.45, 2.75) is 31.2 Å². The minimum atomic E-state index is -3.89. The van der Waals surface area contributed by atoms with Gasteiger partial charge in [0.25, 0.3) is 5.69 Å². The average Bonchev–Trinajstić information content (AvgIpc) is 2.59. The van der Waals surface area contributed by atoms with Crippen LogP contribution in [0.1, 0.15) is 20.8 Å². The lowest BCUT2D eigenvalue weighted by Gasteiger charge is -2.21. The van der Waals surface area contributed by atoms with E-state index in [2.05, 4.69) is 25.7 Å². The molecule has 0 unspecified atom stereocenters. The second-order valence-electron chi connectivity index (χ2n) is 6.80. The highest BCUT2D eigenvalue weighted by atomic mass is 127. The van der Waals surface area contributed by atoms with Crippen molar-refractivity contribution in [1.82, 2.24) is 20.7 Å². The number of nitrogens with one attached hydrogen (secondary N) is 4. The molecular weight excluding hydrogens is 515 g/mol. The maximum absolute atomic E-state index is 12.2. The van der Waals surface area contributed by atoms with Crippen LogP contribution in [0.4, 0.5) is 5.69 Å². The first-order valence-corrected chi connectivity index (χ1v) is 9.92. The summed E-state index contributed by atoms with van der Waals surface area (Å²) in [7, 11) is -2.37. The van der Waals surface area contributed by atoms with Crippen molar-refractivity contribution < 1.29 is 18.1 Å². The van der Waals surface area contributed by atoms with Crippen molar-refractivity contribution in [1.29, 1.82) is 0 Å². The summed E-state index contributed by atoms with van der Waals surface area (Å²) in [6.07, 6.45) is 0. The van der Waals surface area contributed by atoms with Gasteiger partial charge in [0, 0.05) is 37.8 Å². The Bertz CT molecular complexity index is 838. The molecule has 0 radical (unpaired) electrons. The van der Waals surface area contributed by atoms with Crippen LogP contribution in [0, 0.1) is 10.1 Å². The molecule has 0 atom stereocenters. The number of non-ortho nitro benzene ring substituents is 1. The normalized spacial score (nSPS) is 11.9. The third-order valence-corrected chi connectivity index (χ3v) is 4.66. The zero-order chi connectivity index (χ0) is 21.4. The van der Waals surface area contributed by atoms with E-state index < -0.39 is 14.9 Å². The minimum Gasteiger partial charge on any atom is -0.355 e. The van der Waals surface area contributed by atoms with E-state index in [1.807, 2.05) is 20.8 Å². The lowest BCUT2D eigenvalue weighted by atomic mass is 10.1. The highest BCUT2D eigenvalue weighted by molar-refractivity contribution is 14.0. The number of amides is 1. The number of hydrogen-bond donors (Lipinski definition) is 4. The van der Waals surface area contributed by atoms with Crippen LogP contribution in [0.2, 0.25) is 0 Å². The molecule has 0 aliphatic heterocycles. The van der Waals surface area contributed by atoms with Crippen molar-refractivity contribution in [3.63, 3.8) is 0 Å². The minimum absolute atomic E-state index is 0. The maximum Gasteiger partial charge on any atom is 0.270 e. The second kappa shape index (κ2) is 11.9. The average molecular weight is 542 g/mol. The molecule has 0 saturated heterocycles. The highest BCUT2D eigenvalue weighted by Crippen LogP contribution is 2.16. The van der Waals surface area contributed by atoms with Gasteiger partial charge in [-0.25, -0.2) is 13.1 Å². The largest absolute Gasteiger partial charge is 0.355 e. The summed E-state index contributed by atoms with van der Waals surface area (Å²) in [4.78, 5) is 25.6. The highest BCUT2D eigenvalue weighted by Gasteiger charge is 2.17. The van der Waals surface area contributed by atoms with Crippen molar-refractivity contribution in [3.05, 3.63) is 34.4 Å². The topological polar surface area (TPSA) is 155 Å². The number of carbonyl (C=O) groups is 1. The van der Waals surface area contributed by atoms with Gasteiger partial charge in [0.05, 0.1) is 16.4 Å². The molecule has 11 nitrogen and oxygen atoms in total. The van der Waals surface area contributed by atoms with Gasteiger partial charge in [0.1, 0.15) is 0 Å². The molecule has 0 fully saturated rings. The first kappa shape index (κ1) is 27.0. The molecule has 0 heterocycles. The molecule has 164 valence electrons. The Morgan fingerprint density at radius 2 is 1.86 bits per heavy atom. The Morgan fingerprint density at radius 3 is 2.41 bits per heavy atom. The monoisotopic (exact) mass is 542 g/mol. The van der Waals surface area contributed by atoms with Gasteiger partial charge < -0.3 is 16.0 Å². The van der Waals surface area contributed by atoms with Gasteiger partial charge in [-0.2, -0.15) is 0 Å². The summed E-state index contributed by atoms with van der Waals surface area (Å²) in [6, 6.07) is 4.78. The number of sulfonamides is 1. The number of aliphatic imine (C=N–C) groups is 1. The Labute approximate surface area is 187 Å². The molecule has 0 aliphatic rings. The summed E-state index contributed by atoms with van der Waals surface area (Å²) >= 11 is 0. The van der Waals surface area contributed by atoms with Gasteiger partial charge in [-0.1, -0.05) is 6.07 Å². The van der Waals surface area contributed by atoms with Gasteiger partial charge in [0.15, 0.2) is 5.96 Å². The smallest absolute Gasteiger partial charge is 0.270 e. The van der Waals surface area contributed by atoms with Crippen LogP contribution in [-0.4, -0.2) is 57.4 Å². The Balaban J connectivity index is 0.00000784. The standard InChI is InChI=1S/C16H26N6O5S.HI/c1-16(2,3)21-14(23)11-19-15(17-4)18-8-9-20-28(26,27)13-7-5-6-12(10-13)22(24)25;/h5-7,10,20H,8-9,11H2,1-4H3,(H,21,23)(H2,17,18,19);1H. The molecule has 13 heteroatoms. The van der Waals surface area contributed by atoms with Crippen molar-refractivity contribution in [3.8, 4) is 0 Å². The molecule has 1 rings (SSSR count). The molecule has 1 amide bonds. The number of benzene rings is 1. The zero-order valence-electron chi connectivity index (χ0n) is 16.7. The van der Waals surface area contributed by atoms with E-state index in [1.165, 1.54) is 25.2 Å². The summed E-state index contributed by atoms with van der Waals surface area (Å²) in [5, 5.41) is 19.2. The van der Waals surface area contributed by atoms with Crippen LogP contribution in [-0.2, 0) is 14.8 Å². The molecule has 0 saturated carbocycles. The second-order valence-corrected chi connectivity index (χ2v) is 8.57. The van der Waals surface area contributed by atoms with Crippen molar-refractivity contribution in [2.24, 2.45) is 4.99 Å². The molecule has 0 spiro atoms. The van der Waals surface area contributed by atoms with Crippen LogP contribution in [0.25, 0.3) is 0 Å². The summed E-state index contributed by atoms with van der Waals surface area (Å²) in [6.45, 7) is 5.81. The van der Waals surface area contributed by atoms with Gasteiger partial charge >= 0.3 is 0 Å². The molecule has 0 aliphatic carbocycles. The van der Waals surface area contributed by atoms with E-state index in [4.69, 9.17) is 0 Å². The third-order valence-electron chi connectivity index (χ3n) is 3.20. The van der Waals surface area contributed by atoms with Crippen LogP contribution >= 0.6 is 24.0 Å². The molecule has 4 N–H and O–H groups in total. The lowest BCUT2D eigenvalue weighted by Crippen LogP contribution is -2.48. The number of nitro groups is 1. The summed E-state index contributed by atoms with van der Waals surface area (Å²) in [5.41, 5.74) is -0.653. The van der Waals surface area contributed by atoms with Crippen LogP contribution < -0.4 is 20.7 Å². The molecule has 0 aromatic heterocycles. The molecular formula is C16H27IN6O5S. The number of nitrogens with zero attached hydrogens (tertiary/aromatic N) is 2. The predicted molar refractivity (Wildman–Crippen MR) is 121 cm³/mol. The maximum atomic E-state index is 12.2. The SMILES string of the molecule is CN=C(NCCNS(=O)(=O)c1cccc([N+](=O)[O-])c1)NCC(=O)NC(C)(C)C.I. The number of nitro benzene ring substituents is 1. The Kier molecular flexibility index (Phi) is 11.1. The van der Waals surface area contributed by atoms with Gasteiger partial charge in [0.2, 0.25) is 15.9 Å². The van der Waals surface area contributed by atoms with Gasteiger partial charge in [-0.15, -0.1) is 24.0 Å². The number of rotatable bonds is 8. The van der Waals surface area contributed by atoms with E-state index in [0.717, 1.165) is 6.07 Å². The fourth-order valence-electron chi connectivity index (χ4n) is 2.06. The van der Waals surface area contributed by atoms with Crippen LogP contribution in [0.3, 0.4) is 0 Å². The molecule has 1 aromatic rings. The Hall–Kier alpha value is -2.00. The fourth-order valence-corrected chi connectivity index (χ4v) is 3.13. The van der Waals surface area contributed by atoms with Gasteiger partial charge in [-0.3, -0.25) is 19.9 Å². The number of halogens is 1. The zero-order valence-corrected chi connectivity index (χ0v) is 19.8. The van der Waals surface area contributed by atoms with Gasteiger partial charge in [-0.05, 0) is 26.8 Å².